The second-order valence-corrected chi connectivity index (χ2v) is 4.13. The number of benzene rings is 1. The normalized spacial score (nSPS) is 10.9. The summed E-state index contributed by atoms with van der Waals surface area (Å²) >= 11 is 0. The smallest absolute Gasteiger partial charge is 0.170 e. The van der Waals surface area contributed by atoms with Crippen LogP contribution >= 0.6 is 0 Å². The van der Waals surface area contributed by atoms with Crippen LogP contribution in [0.3, 0.4) is 0 Å². The maximum absolute atomic E-state index is 10.8. The van der Waals surface area contributed by atoms with Crippen molar-refractivity contribution in [2.24, 2.45) is 0 Å². The molecule has 0 aliphatic rings. The molecule has 0 atom stereocenters. The van der Waals surface area contributed by atoms with E-state index in [4.69, 9.17) is 0 Å². The fraction of sp³-hybridized carbons (Fsp3) is 0.0769. The maximum atomic E-state index is 10.8. The molecule has 0 bridgehead atoms. The van der Waals surface area contributed by atoms with Gasteiger partial charge in [0.15, 0.2) is 12.1 Å². The van der Waals surface area contributed by atoms with Crippen molar-refractivity contribution in [3.05, 3.63) is 35.7 Å². The van der Waals surface area contributed by atoms with Crippen molar-refractivity contribution < 1.29 is 9.90 Å². The number of aldehydes is 1. The summed E-state index contributed by atoms with van der Waals surface area (Å²) < 4.78 is 0. The summed E-state index contributed by atoms with van der Waals surface area (Å²) in [5.74, 6) is 0.805. The number of phenols is 1. The van der Waals surface area contributed by atoms with Gasteiger partial charge in [0, 0.05) is 16.6 Å². The summed E-state index contributed by atoms with van der Waals surface area (Å²) in [5, 5.41) is 10.5. The number of nitrogens with one attached hydrogen (secondary N) is 2. The lowest BCUT2D eigenvalue weighted by Crippen LogP contribution is -1.82. The predicted molar refractivity (Wildman–Crippen MR) is 67.7 cm³/mol. The summed E-state index contributed by atoms with van der Waals surface area (Å²) in [6.45, 7) is 1.79. The number of phenolic OH excluding ortho intramolecular Hbond substituents is 1. The van der Waals surface area contributed by atoms with Crippen molar-refractivity contribution in [1.29, 1.82) is 0 Å². The zero-order valence-electron chi connectivity index (χ0n) is 9.69. The van der Waals surface area contributed by atoms with Gasteiger partial charge in [0.1, 0.15) is 11.4 Å². The fourth-order valence-corrected chi connectivity index (χ4v) is 1.98. The molecule has 0 saturated carbocycles. The number of hydrogen-bond donors (Lipinski definition) is 3. The van der Waals surface area contributed by atoms with Crippen LogP contribution in [0.5, 0.6) is 5.75 Å². The van der Waals surface area contributed by atoms with Crippen molar-refractivity contribution in [2.45, 2.75) is 6.92 Å². The minimum absolute atomic E-state index is 0.217. The van der Waals surface area contributed by atoms with Crippen molar-refractivity contribution >= 4 is 17.2 Å². The van der Waals surface area contributed by atoms with Gasteiger partial charge in [0.25, 0.3) is 0 Å². The molecule has 3 aromatic rings. The molecule has 5 heteroatoms. The van der Waals surface area contributed by atoms with E-state index >= 15 is 0 Å². The highest BCUT2D eigenvalue weighted by Crippen LogP contribution is 2.28. The van der Waals surface area contributed by atoms with Crippen LogP contribution in [0.15, 0.2) is 24.3 Å². The van der Waals surface area contributed by atoms with Gasteiger partial charge in [-0.05, 0) is 25.1 Å². The van der Waals surface area contributed by atoms with E-state index in [2.05, 4.69) is 15.0 Å². The Labute approximate surface area is 102 Å². The first-order valence-corrected chi connectivity index (χ1v) is 5.52. The predicted octanol–water partition coefficient (Wildman–Crippen LogP) is 2.38. The van der Waals surface area contributed by atoms with Crippen molar-refractivity contribution in [2.75, 3.05) is 0 Å². The number of rotatable bonds is 2. The molecule has 0 amide bonds. The number of fused-ring (bicyclic) bond motifs is 1. The molecule has 2 heterocycles. The largest absolute Gasteiger partial charge is 0.507 e. The van der Waals surface area contributed by atoms with Crippen LogP contribution in [-0.4, -0.2) is 26.3 Å². The Balaban J connectivity index is 2.19. The number of aromatic hydroxyl groups is 1. The first kappa shape index (κ1) is 10.6. The number of aromatic nitrogens is 3. The Morgan fingerprint density at radius 2 is 2.17 bits per heavy atom. The lowest BCUT2D eigenvalue weighted by molar-refractivity contribution is 0.111. The van der Waals surface area contributed by atoms with E-state index in [1.807, 2.05) is 6.07 Å². The standard InChI is InChI=1S/C13H11N3O2/c1-7-11(6-17)16-13(14-7)10-5-8-9(15-10)3-2-4-12(8)18/h2-6,15,18H,1H3,(H,14,16). The minimum Gasteiger partial charge on any atom is -0.507 e. The molecule has 0 spiro atoms. The molecule has 0 radical (unpaired) electrons. The quantitative estimate of drug-likeness (QED) is 0.602. The monoisotopic (exact) mass is 241 g/mol. The average molecular weight is 241 g/mol. The van der Waals surface area contributed by atoms with E-state index in [1.165, 1.54) is 0 Å². The summed E-state index contributed by atoms with van der Waals surface area (Å²) in [6.07, 6.45) is 0.718. The van der Waals surface area contributed by atoms with Gasteiger partial charge >= 0.3 is 0 Å². The van der Waals surface area contributed by atoms with Gasteiger partial charge in [-0.1, -0.05) is 6.07 Å². The third kappa shape index (κ3) is 1.48. The topological polar surface area (TPSA) is 81.8 Å². The third-order valence-electron chi connectivity index (χ3n) is 2.93. The van der Waals surface area contributed by atoms with E-state index < -0.39 is 0 Å². The minimum atomic E-state index is 0.217. The lowest BCUT2D eigenvalue weighted by atomic mass is 10.2. The van der Waals surface area contributed by atoms with Gasteiger partial charge in [-0.15, -0.1) is 0 Å². The first-order chi connectivity index (χ1) is 8.69. The van der Waals surface area contributed by atoms with Gasteiger partial charge < -0.3 is 15.1 Å². The zero-order chi connectivity index (χ0) is 12.7. The zero-order valence-corrected chi connectivity index (χ0v) is 9.69. The highest BCUT2D eigenvalue weighted by atomic mass is 16.3. The van der Waals surface area contributed by atoms with Crippen LogP contribution in [0.25, 0.3) is 22.4 Å². The lowest BCUT2D eigenvalue weighted by Gasteiger charge is -1.91. The van der Waals surface area contributed by atoms with Crippen LogP contribution in [-0.2, 0) is 0 Å². The van der Waals surface area contributed by atoms with Crippen LogP contribution < -0.4 is 0 Å². The van der Waals surface area contributed by atoms with E-state index in [0.29, 0.717) is 11.5 Å². The fourth-order valence-electron chi connectivity index (χ4n) is 1.98. The van der Waals surface area contributed by atoms with Gasteiger partial charge in [-0.2, -0.15) is 0 Å². The molecule has 0 saturated heterocycles. The van der Waals surface area contributed by atoms with E-state index in [-0.39, 0.29) is 5.75 Å². The Morgan fingerprint density at radius 3 is 2.83 bits per heavy atom. The molecule has 2 aromatic heterocycles. The van der Waals surface area contributed by atoms with Gasteiger partial charge in [0.2, 0.25) is 0 Å². The van der Waals surface area contributed by atoms with Crippen molar-refractivity contribution in [3.63, 3.8) is 0 Å². The Kier molecular flexibility index (Phi) is 2.19. The molecule has 0 aliphatic carbocycles. The van der Waals surface area contributed by atoms with Crippen LogP contribution in [0.2, 0.25) is 0 Å². The second-order valence-electron chi connectivity index (χ2n) is 4.13. The molecule has 5 nitrogen and oxygen atoms in total. The number of aromatic amines is 2. The molecule has 1 aromatic carbocycles. The molecular weight excluding hydrogens is 230 g/mol. The van der Waals surface area contributed by atoms with E-state index in [0.717, 1.165) is 28.6 Å². The Hall–Kier alpha value is -2.56. The van der Waals surface area contributed by atoms with Gasteiger partial charge in [-0.3, -0.25) is 4.79 Å². The van der Waals surface area contributed by atoms with Crippen LogP contribution in [0.1, 0.15) is 16.2 Å². The summed E-state index contributed by atoms with van der Waals surface area (Å²) in [4.78, 5) is 21.1. The molecule has 0 unspecified atom stereocenters. The molecule has 0 aliphatic heterocycles. The number of carbonyl (C=O) groups excluding carboxylic acids is 1. The molecular formula is C13H11N3O2. The van der Waals surface area contributed by atoms with Gasteiger partial charge in [0.05, 0.1) is 5.69 Å². The highest BCUT2D eigenvalue weighted by Gasteiger charge is 2.11. The molecule has 3 N–H and O–H groups in total. The summed E-state index contributed by atoms with van der Waals surface area (Å²) in [7, 11) is 0. The Morgan fingerprint density at radius 1 is 1.33 bits per heavy atom. The van der Waals surface area contributed by atoms with Crippen LogP contribution in [0, 0.1) is 6.92 Å². The number of aryl methyl sites for hydroxylation is 1. The molecule has 3 rings (SSSR count). The second kappa shape index (κ2) is 3.73. The van der Waals surface area contributed by atoms with Gasteiger partial charge in [-0.25, -0.2) is 4.98 Å². The van der Waals surface area contributed by atoms with E-state index in [1.54, 1.807) is 25.1 Å². The average Bonchev–Trinajstić information content (AvgIpc) is 2.93. The number of hydrogen-bond acceptors (Lipinski definition) is 3. The Bertz CT molecular complexity index is 740. The molecule has 18 heavy (non-hydrogen) atoms. The van der Waals surface area contributed by atoms with Crippen LogP contribution in [0.4, 0.5) is 0 Å². The molecule has 0 fully saturated rings. The number of nitrogens with zero attached hydrogens (tertiary/aromatic N) is 1. The van der Waals surface area contributed by atoms with Crippen molar-refractivity contribution in [3.8, 4) is 17.3 Å². The third-order valence-corrected chi connectivity index (χ3v) is 2.93. The summed E-state index contributed by atoms with van der Waals surface area (Å²) in [5.41, 5.74) is 2.69. The molecule has 90 valence electrons. The highest BCUT2D eigenvalue weighted by molar-refractivity contribution is 5.90. The van der Waals surface area contributed by atoms with E-state index in [9.17, 15) is 9.90 Å². The first-order valence-electron chi connectivity index (χ1n) is 5.52. The number of imidazole rings is 1. The number of carbonyl (C=O) groups is 1. The maximum Gasteiger partial charge on any atom is 0.170 e. The SMILES string of the molecule is Cc1[nH]c(-c2cc3c(O)cccc3[nH]2)nc1C=O. The number of H-pyrrole nitrogens is 2. The summed E-state index contributed by atoms with van der Waals surface area (Å²) in [6, 6.07) is 7.07. The van der Waals surface area contributed by atoms with Crippen molar-refractivity contribution in [1.82, 2.24) is 15.0 Å².